The molecule has 13 heteroatoms. The van der Waals surface area contributed by atoms with Crippen LogP contribution in [0, 0.1) is 0 Å². The van der Waals surface area contributed by atoms with Crippen LogP contribution in [0.5, 0.6) is 0 Å². The van der Waals surface area contributed by atoms with E-state index in [4.69, 9.17) is 4.42 Å². The number of aromatic carboxylic acids is 1. The van der Waals surface area contributed by atoms with Crippen molar-refractivity contribution in [3.8, 4) is 0 Å². The number of carboxylic acid groups (broad SMARTS) is 1. The lowest BCUT2D eigenvalue weighted by atomic mass is 10.1. The summed E-state index contributed by atoms with van der Waals surface area (Å²) in [4.78, 5) is 34.7. The van der Waals surface area contributed by atoms with E-state index >= 15 is 0 Å². The second kappa shape index (κ2) is 12.3. The number of hydrogen-bond acceptors (Lipinski definition) is 8. The summed E-state index contributed by atoms with van der Waals surface area (Å²) in [7, 11) is -4.44. The van der Waals surface area contributed by atoms with Crippen LogP contribution in [0.15, 0.2) is 88.4 Å². The Balaban J connectivity index is 1.82. The van der Waals surface area contributed by atoms with Gasteiger partial charge in [-0.15, -0.1) is 0 Å². The van der Waals surface area contributed by atoms with E-state index in [1.165, 1.54) is 38.3 Å². The minimum atomic E-state index is -4.44. The van der Waals surface area contributed by atoms with Crippen LogP contribution < -0.4 is 26.0 Å². The molecule has 0 bridgehead atoms. The van der Waals surface area contributed by atoms with Crippen molar-refractivity contribution >= 4 is 61.9 Å². The van der Waals surface area contributed by atoms with Gasteiger partial charge in [-0.1, -0.05) is 12.1 Å². The molecule has 3 aromatic carbocycles. The van der Waals surface area contributed by atoms with Crippen LogP contribution in [-0.4, -0.2) is 31.3 Å². The lowest BCUT2D eigenvalue weighted by molar-refractivity contribution is -0.115. The molecule has 0 aliphatic rings. The molecule has 0 saturated heterocycles. The van der Waals surface area contributed by atoms with Crippen LogP contribution in [0.3, 0.4) is 0 Å². The van der Waals surface area contributed by atoms with Gasteiger partial charge in [0.15, 0.2) is 0 Å². The number of anilines is 6. The zero-order valence-corrected chi connectivity index (χ0v) is 22.8. The minimum Gasteiger partial charge on any atom is -0.478 e. The van der Waals surface area contributed by atoms with Gasteiger partial charge in [-0.05, 0) is 60.7 Å². The number of carbonyl (C=O) groups excluding carboxylic acids is 2. The fourth-order valence-electron chi connectivity index (χ4n) is 3.87. The Bertz CT molecular complexity index is 1690. The number of para-hydroxylation sites is 2. The third kappa shape index (κ3) is 7.42. The predicted octanol–water partition coefficient (Wildman–Crippen LogP) is 5.05. The summed E-state index contributed by atoms with van der Waals surface area (Å²) in [6.07, 6.45) is 1.48. The van der Waals surface area contributed by atoms with Crippen LogP contribution in [0.1, 0.15) is 30.0 Å². The van der Waals surface area contributed by atoms with Gasteiger partial charge < -0.3 is 30.8 Å². The van der Waals surface area contributed by atoms with Crippen LogP contribution in [0.2, 0.25) is 0 Å². The molecule has 0 atom stereocenters. The lowest BCUT2D eigenvalue weighted by Gasteiger charge is -2.20. The van der Waals surface area contributed by atoms with Gasteiger partial charge in [0.25, 0.3) is 10.0 Å². The van der Waals surface area contributed by atoms with E-state index in [0.717, 1.165) is 6.07 Å². The Hall–Kier alpha value is -5.30. The Kier molecular flexibility index (Phi) is 8.58. The summed E-state index contributed by atoms with van der Waals surface area (Å²) in [6.45, 7) is 2.80. The van der Waals surface area contributed by atoms with E-state index in [0.29, 0.717) is 17.1 Å². The van der Waals surface area contributed by atoms with Gasteiger partial charge in [-0.25, -0.2) is 13.2 Å². The summed E-state index contributed by atoms with van der Waals surface area (Å²) in [5.74, 6) is -1.46. The molecule has 1 aromatic heterocycles. The topological polar surface area (TPSA) is 179 Å². The summed E-state index contributed by atoms with van der Waals surface area (Å²) in [5, 5.41) is 21.2. The Morgan fingerprint density at radius 2 is 1.46 bits per heavy atom. The first-order valence-corrected chi connectivity index (χ1v) is 13.7. The molecule has 0 unspecified atom stereocenters. The Labute approximate surface area is 235 Å². The van der Waals surface area contributed by atoms with E-state index in [-0.39, 0.29) is 45.7 Å². The fourth-order valence-corrected chi connectivity index (χ4v) is 5.16. The number of carbonyl (C=O) groups is 3. The SMILES string of the molecule is CC(=O)Nc1ccc(Nc2c(NCc3ccco3)cc(C(=O)O)cc2S(=O)(=O)Nc2ccccc2NC(C)=O)cc1. The normalized spacial score (nSPS) is 10.9. The average molecular weight is 578 g/mol. The van der Waals surface area contributed by atoms with Gasteiger partial charge in [0, 0.05) is 25.2 Å². The van der Waals surface area contributed by atoms with E-state index in [9.17, 15) is 27.9 Å². The van der Waals surface area contributed by atoms with Gasteiger partial charge in [-0.2, -0.15) is 0 Å². The fraction of sp³-hybridized carbons (Fsp3) is 0.107. The summed E-state index contributed by atoms with van der Waals surface area (Å²) in [5.41, 5.74) is 1.23. The second-order valence-corrected chi connectivity index (χ2v) is 10.5. The predicted molar refractivity (Wildman–Crippen MR) is 155 cm³/mol. The number of hydrogen-bond donors (Lipinski definition) is 6. The average Bonchev–Trinajstić information content (AvgIpc) is 3.43. The highest BCUT2D eigenvalue weighted by Crippen LogP contribution is 2.37. The summed E-state index contributed by atoms with van der Waals surface area (Å²) < 4.78 is 35.5. The van der Waals surface area contributed by atoms with Gasteiger partial charge in [0.05, 0.1) is 41.1 Å². The number of nitrogens with one attached hydrogen (secondary N) is 5. The molecule has 0 aliphatic heterocycles. The second-order valence-electron chi connectivity index (χ2n) is 8.85. The maximum Gasteiger partial charge on any atom is 0.335 e. The highest BCUT2D eigenvalue weighted by molar-refractivity contribution is 7.93. The number of carboxylic acids is 1. The monoisotopic (exact) mass is 577 g/mol. The molecule has 0 radical (unpaired) electrons. The lowest BCUT2D eigenvalue weighted by Crippen LogP contribution is -2.18. The van der Waals surface area contributed by atoms with Crippen LogP contribution in [-0.2, 0) is 26.2 Å². The molecule has 2 amide bonds. The van der Waals surface area contributed by atoms with Crippen molar-refractivity contribution in [1.29, 1.82) is 0 Å². The molecule has 0 fully saturated rings. The van der Waals surface area contributed by atoms with E-state index in [2.05, 4.69) is 26.0 Å². The van der Waals surface area contributed by atoms with Crippen molar-refractivity contribution in [2.45, 2.75) is 25.3 Å². The first-order valence-electron chi connectivity index (χ1n) is 12.2. The first-order chi connectivity index (χ1) is 19.5. The molecule has 4 rings (SSSR count). The summed E-state index contributed by atoms with van der Waals surface area (Å²) in [6, 6.07) is 18.5. The van der Waals surface area contributed by atoms with Gasteiger partial charge >= 0.3 is 5.97 Å². The molecule has 0 saturated carbocycles. The molecule has 212 valence electrons. The molecule has 4 aromatic rings. The van der Waals surface area contributed by atoms with Crippen LogP contribution in [0.4, 0.5) is 34.1 Å². The molecule has 6 N–H and O–H groups in total. The minimum absolute atomic E-state index is 0.0540. The zero-order valence-electron chi connectivity index (χ0n) is 22.0. The number of amides is 2. The van der Waals surface area contributed by atoms with Crippen LogP contribution in [0.25, 0.3) is 0 Å². The van der Waals surface area contributed by atoms with Crippen molar-refractivity contribution in [3.63, 3.8) is 0 Å². The van der Waals surface area contributed by atoms with Crippen molar-refractivity contribution in [1.82, 2.24) is 0 Å². The zero-order chi connectivity index (χ0) is 29.6. The molecule has 41 heavy (non-hydrogen) atoms. The number of sulfonamides is 1. The van der Waals surface area contributed by atoms with Crippen molar-refractivity contribution < 1.29 is 32.3 Å². The number of benzene rings is 3. The maximum atomic E-state index is 13.8. The van der Waals surface area contributed by atoms with Crippen molar-refractivity contribution in [2.24, 2.45) is 0 Å². The third-order valence-electron chi connectivity index (χ3n) is 5.63. The molecule has 12 nitrogen and oxygen atoms in total. The molecule has 0 aliphatic carbocycles. The number of rotatable bonds is 11. The van der Waals surface area contributed by atoms with Crippen molar-refractivity contribution in [3.05, 3.63) is 90.4 Å². The number of furan rings is 1. The van der Waals surface area contributed by atoms with E-state index in [1.807, 2.05) is 0 Å². The van der Waals surface area contributed by atoms with E-state index < -0.39 is 21.9 Å². The molecule has 1 heterocycles. The smallest absolute Gasteiger partial charge is 0.335 e. The molecular weight excluding hydrogens is 550 g/mol. The quantitative estimate of drug-likeness (QED) is 0.142. The Morgan fingerprint density at radius 3 is 2.07 bits per heavy atom. The molecular formula is C28H27N5O7S. The van der Waals surface area contributed by atoms with Gasteiger partial charge in [0.1, 0.15) is 10.7 Å². The van der Waals surface area contributed by atoms with Crippen molar-refractivity contribution in [2.75, 3.05) is 26.0 Å². The highest BCUT2D eigenvalue weighted by Gasteiger charge is 2.26. The molecule has 0 spiro atoms. The largest absolute Gasteiger partial charge is 0.478 e. The standard InChI is InChI=1S/C28H27N5O7S/c1-17(34)30-20-9-11-21(12-10-20)32-27-25(29-16-22-6-5-13-40-22)14-19(28(36)37)15-26(27)41(38,39)33-24-8-4-3-7-23(24)31-18(2)35/h3-15,29,32-33H,16H2,1-2H3,(H,30,34)(H,31,35)(H,36,37). The highest BCUT2D eigenvalue weighted by atomic mass is 32.2. The summed E-state index contributed by atoms with van der Waals surface area (Å²) >= 11 is 0. The van der Waals surface area contributed by atoms with Crippen LogP contribution >= 0.6 is 0 Å². The third-order valence-corrected chi connectivity index (χ3v) is 7.02. The maximum absolute atomic E-state index is 13.8. The van der Waals surface area contributed by atoms with Gasteiger partial charge in [0.2, 0.25) is 11.8 Å². The first kappa shape index (κ1) is 28.7. The van der Waals surface area contributed by atoms with Gasteiger partial charge in [-0.3, -0.25) is 14.3 Å². The van der Waals surface area contributed by atoms with E-state index in [1.54, 1.807) is 48.5 Å². The Morgan fingerprint density at radius 1 is 0.805 bits per heavy atom.